The summed E-state index contributed by atoms with van der Waals surface area (Å²) in [5.41, 5.74) is 7.70. The number of benzene rings is 1. The monoisotopic (exact) mass is 306 g/mol. The van der Waals surface area contributed by atoms with Gasteiger partial charge in [0.25, 0.3) is 0 Å². The van der Waals surface area contributed by atoms with Gasteiger partial charge in [-0.15, -0.1) is 11.3 Å². The van der Waals surface area contributed by atoms with E-state index < -0.39 is 0 Å². The van der Waals surface area contributed by atoms with Gasteiger partial charge in [0, 0.05) is 11.3 Å². The van der Waals surface area contributed by atoms with Gasteiger partial charge in [0.2, 0.25) is 0 Å². The average Bonchev–Trinajstić information content (AvgIpc) is 2.95. The van der Waals surface area contributed by atoms with Crippen LogP contribution in [0.15, 0.2) is 23.6 Å². The van der Waals surface area contributed by atoms with Crippen LogP contribution in [0.3, 0.4) is 0 Å². The van der Waals surface area contributed by atoms with Gasteiger partial charge < -0.3 is 15.2 Å². The molecule has 114 valence electrons. The van der Waals surface area contributed by atoms with Crippen molar-refractivity contribution < 1.29 is 9.47 Å². The van der Waals surface area contributed by atoms with Crippen LogP contribution in [0.25, 0.3) is 0 Å². The highest BCUT2D eigenvalue weighted by Crippen LogP contribution is 2.29. The first kappa shape index (κ1) is 15.8. The maximum absolute atomic E-state index is 5.87. The average molecular weight is 306 g/mol. The lowest BCUT2D eigenvalue weighted by atomic mass is 10.1. The largest absolute Gasteiger partial charge is 0.493 e. The van der Waals surface area contributed by atoms with Crippen molar-refractivity contribution >= 4 is 11.3 Å². The SMILES string of the molecule is COc1ccc(CCN)cc1OCc1csc(C(C)C)n1. The van der Waals surface area contributed by atoms with Gasteiger partial charge in [-0.3, -0.25) is 0 Å². The Morgan fingerprint density at radius 2 is 2.10 bits per heavy atom. The smallest absolute Gasteiger partial charge is 0.162 e. The van der Waals surface area contributed by atoms with E-state index in [9.17, 15) is 0 Å². The summed E-state index contributed by atoms with van der Waals surface area (Å²) < 4.78 is 11.2. The number of rotatable bonds is 7. The zero-order chi connectivity index (χ0) is 15.2. The molecule has 4 nitrogen and oxygen atoms in total. The van der Waals surface area contributed by atoms with Gasteiger partial charge >= 0.3 is 0 Å². The van der Waals surface area contributed by atoms with E-state index >= 15 is 0 Å². The molecule has 0 aliphatic heterocycles. The molecule has 0 saturated heterocycles. The molecule has 1 heterocycles. The van der Waals surface area contributed by atoms with Gasteiger partial charge in [0.05, 0.1) is 17.8 Å². The fourth-order valence-corrected chi connectivity index (χ4v) is 2.78. The van der Waals surface area contributed by atoms with Crippen molar-refractivity contribution in [3.05, 3.63) is 39.8 Å². The fraction of sp³-hybridized carbons (Fsp3) is 0.438. The molecule has 0 aliphatic carbocycles. The van der Waals surface area contributed by atoms with Crippen LogP contribution in [0.2, 0.25) is 0 Å². The Morgan fingerprint density at radius 3 is 2.71 bits per heavy atom. The molecule has 2 rings (SSSR count). The Morgan fingerprint density at radius 1 is 1.29 bits per heavy atom. The summed E-state index contributed by atoms with van der Waals surface area (Å²) in [5.74, 6) is 1.92. The van der Waals surface area contributed by atoms with Crippen molar-refractivity contribution in [2.45, 2.75) is 32.8 Å². The minimum Gasteiger partial charge on any atom is -0.493 e. The summed E-state index contributed by atoms with van der Waals surface area (Å²) in [5, 5.41) is 3.18. The molecule has 21 heavy (non-hydrogen) atoms. The number of aromatic nitrogens is 1. The van der Waals surface area contributed by atoms with Crippen molar-refractivity contribution in [2.24, 2.45) is 5.73 Å². The molecule has 0 saturated carbocycles. The first-order valence-electron chi connectivity index (χ1n) is 7.08. The number of ether oxygens (including phenoxy) is 2. The van der Waals surface area contributed by atoms with Crippen molar-refractivity contribution in [2.75, 3.05) is 13.7 Å². The number of nitrogens with zero attached hydrogens (tertiary/aromatic N) is 1. The Bertz CT molecular complexity index is 581. The molecule has 0 radical (unpaired) electrons. The summed E-state index contributed by atoms with van der Waals surface area (Å²) in [7, 11) is 1.64. The second-order valence-corrected chi connectivity index (χ2v) is 6.03. The van der Waals surface area contributed by atoms with Crippen LogP contribution in [0.5, 0.6) is 11.5 Å². The van der Waals surface area contributed by atoms with Crippen molar-refractivity contribution in [1.29, 1.82) is 0 Å². The minimum atomic E-state index is 0.450. The number of nitrogens with two attached hydrogens (primary N) is 1. The van der Waals surface area contributed by atoms with E-state index in [4.69, 9.17) is 15.2 Å². The summed E-state index contributed by atoms with van der Waals surface area (Å²) >= 11 is 1.68. The third-order valence-electron chi connectivity index (χ3n) is 3.10. The van der Waals surface area contributed by atoms with Crippen LogP contribution >= 0.6 is 11.3 Å². The van der Waals surface area contributed by atoms with Crippen molar-refractivity contribution in [3.63, 3.8) is 0 Å². The maximum Gasteiger partial charge on any atom is 0.162 e. The zero-order valence-corrected chi connectivity index (χ0v) is 13.6. The highest BCUT2D eigenvalue weighted by Gasteiger charge is 2.09. The maximum atomic E-state index is 5.87. The van der Waals surface area contributed by atoms with Gasteiger partial charge in [0.15, 0.2) is 11.5 Å². The molecule has 2 N–H and O–H groups in total. The third-order valence-corrected chi connectivity index (χ3v) is 4.29. The summed E-state index contributed by atoms with van der Waals surface area (Å²) in [6, 6.07) is 5.92. The first-order chi connectivity index (χ1) is 10.1. The molecule has 1 aromatic carbocycles. The summed E-state index contributed by atoms with van der Waals surface area (Å²) in [4.78, 5) is 4.57. The highest BCUT2D eigenvalue weighted by molar-refractivity contribution is 7.09. The van der Waals surface area contributed by atoms with Crippen LogP contribution in [0, 0.1) is 0 Å². The van der Waals surface area contributed by atoms with Gasteiger partial charge in [-0.1, -0.05) is 19.9 Å². The van der Waals surface area contributed by atoms with E-state index in [1.165, 1.54) is 0 Å². The van der Waals surface area contributed by atoms with E-state index in [1.54, 1.807) is 18.4 Å². The molecule has 0 spiro atoms. The lowest BCUT2D eigenvalue weighted by molar-refractivity contribution is 0.281. The van der Waals surface area contributed by atoms with Crippen LogP contribution in [-0.4, -0.2) is 18.6 Å². The lowest BCUT2D eigenvalue weighted by Crippen LogP contribution is -2.04. The summed E-state index contributed by atoms with van der Waals surface area (Å²) in [6.45, 7) is 5.35. The van der Waals surface area contributed by atoms with Gasteiger partial charge in [-0.05, 0) is 30.7 Å². The predicted octanol–water partition coefficient (Wildman–Crippen LogP) is 3.36. The number of methoxy groups -OCH3 is 1. The molecule has 5 heteroatoms. The number of hydrogen-bond acceptors (Lipinski definition) is 5. The normalized spacial score (nSPS) is 10.9. The Labute approximate surface area is 129 Å². The molecule has 0 fully saturated rings. The van der Waals surface area contributed by atoms with E-state index in [0.29, 0.717) is 19.1 Å². The van der Waals surface area contributed by atoms with Crippen LogP contribution in [0.1, 0.15) is 36.0 Å². The molecular weight excluding hydrogens is 284 g/mol. The molecule has 0 aliphatic rings. The lowest BCUT2D eigenvalue weighted by Gasteiger charge is -2.11. The molecule has 0 unspecified atom stereocenters. The standard InChI is InChI=1S/C16H22N2O2S/c1-11(2)16-18-13(10-21-16)9-20-15-8-12(6-7-17)4-5-14(15)19-3/h4-5,8,10-11H,6-7,9,17H2,1-3H3. The molecule has 0 bridgehead atoms. The Balaban J connectivity index is 2.08. The molecule has 1 aromatic heterocycles. The Hall–Kier alpha value is -1.59. The van der Waals surface area contributed by atoms with Crippen molar-refractivity contribution in [3.8, 4) is 11.5 Å². The number of hydrogen-bond donors (Lipinski definition) is 1. The molecular formula is C16H22N2O2S. The van der Waals surface area contributed by atoms with E-state index in [0.717, 1.165) is 34.2 Å². The second kappa shape index (κ2) is 7.43. The highest BCUT2D eigenvalue weighted by atomic mass is 32.1. The van der Waals surface area contributed by atoms with Crippen LogP contribution < -0.4 is 15.2 Å². The first-order valence-corrected chi connectivity index (χ1v) is 7.96. The van der Waals surface area contributed by atoms with Crippen LogP contribution in [0.4, 0.5) is 0 Å². The van der Waals surface area contributed by atoms with E-state index in [-0.39, 0.29) is 0 Å². The third kappa shape index (κ3) is 4.19. The summed E-state index contributed by atoms with van der Waals surface area (Å²) in [6.07, 6.45) is 0.828. The minimum absolute atomic E-state index is 0.450. The molecule has 0 amide bonds. The van der Waals surface area contributed by atoms with Crippen LogP contribution in [-0.2, 0) is 13.0 Å². The van der Waals surface area contributed by atoms with E-state index in [2.05, 4.69) is 18.8 Å². The van der Waals surface area contributed by atoms with Gasteiger partial charge in [0.1, 0.15) is 6.61 Å². The second-order valence-electron chi connectivity index (χ2n) is 5.14. The molecule has 2 aromatic rings. The topological polar surface area (TPSA) is 57.4 Å². The predicted molar refractivity (Wildman–Crippen MR) is 86.3 cm³/mol. The molecule has 0 atom stereocenters. The van der Waals surface area contributed by atoms with Gasteiger partial charge in [-0.25, -0.2) is 4.98 Å². The van der Waals surface area contributed by atoms with Crippen molar-refractivity contribution in [1.82, 2.24) is 4.98 Å². The number of thiazole rings is 1. The Kier molecular flexibility index (Phi) is 5.59. The fourth-order valence-electron chi connectivity index (χ4n) is 1.96. The quantitative estimate of drug-likeness (QED) is 0.852. The van der Waals surface area contributed by atoms with E-state index in [1.807, 2.05) is 23.6 Å². The van der Waals surface area contributed by atoms with Gasteiger partial charge in [-0.2, -0.15) is 0 Å². The zero-order valence-electron chi connectivity index (χ0n) is 12.8.